The minimum Gasteiger partial charge on any atom is -0.388 e. The van der Waals surface area contributed by atoms with Gasteiger partial charge in [0.15, 0.2) is 0 Å². The summed E-state index contributed by atoms with van der Waals surface area (Å²) < 4.78 is 0. The Labute approximate surface area is 49.1 Å². The molecule has 2 aliphatic rings. The molecule has 0 bridgehead atoms. The molecule has 46 valence electrons. The van der Waals surface area contributed by atoms with E-state index in [0.29, 0.717) is 5.92 Å². The second-order valence-corrected chi connectivity index (χ2v) is 3.20. The van der Waals surface area contributed by atoms with Crippen LogP contribution in [0.4, 0.5) is 0 Å². The molecule has 1 saturated carbocycles. The van der Waals surface area contributed by atoms with E-state index < -0.39 is 0 Å². The molecule has 1 heterocycles. The quantitative estimate of drug-likeness (QED) is 0.465. The van der Waals surface area contributed by atoms with Gasteiger partial charge in [-0.15, -0.1) is 0 Å². The highest BCUT2D eigenvalue weighted by Gasteiger charge is 2.57. The fraction of sp³-hybridized carbons (Fsp3) is 1.00. The van der Waals surface area contributed by atoms with Gasteiger partial charge in [-0.2, -0.15) is 0 Å². The molecule has 1 unspecified atom stereocenters. The number of piperidine rings is 1. The SMILES string of the molecule is CN1CC2C[C@@]2(O)C1. The van der Waals surface area contributed by atoms with E-state index in [1.165, 1.54) is 0 Å². The lowest BCUT2D eigenvalue weighted by Gasteiger charge is -2.09. The molecule has 0 aromatic rings. The summed E-state index contributed by atoms with van der Waals surface area (Å²) in [5.41, 5.74) is -0.241. The Balaban J connectivity index is 2.10. The number of hydrogen-bond acceptors (Lipinski definition) is 2. The Morgan fingerprint density at radius 2 is 2.50 bits per heavy atom. The lowest BCUT2D eigenvalue weighted by molar-refractivity contribution is 0.135. The van der Waals surface area contributed by atoms with E-state index in [4.69, 9.17) is 0 Å². The van der Waals surface area contributed by atoms with Crippen LogP contribution < -0.4 is 0 Å². The maximum Gasteiger partial charge on any atom is 0.0819 e. The monoisotopic (exact) mass is 113 g/mol. The van der Waals surface area contributed by atoms with Crippen molar-refractivity contribution in [3.63, 3.8) is 0 Å². The van der Waals surface area contributed by atoms with Gasteiger partial charge in [0.05, 0.1) is 5.60 Å². The summed E-state index contributed by atoms with van der Waals surface area (Å²) in [6.07, 6.45) is 1.05. The maximum atomic E-state index is 9.40. The lowest BCUT2D eigenvalue weighted by atomic mass is 10.3. The Morgan fingerprint density at radius 3 is 2.75 bits per heavy atom. The smallest absolute Gasteiger partial charge is 0.0819 e. The highest BCUT2D eigenvalue weighted by Crippen LogP contribution is 2.48. The predicted molar refractivity (Wildman–Crippen MR) is 30.6 cm³/mol. The summed E-state index contributed by atoms with van der Waals surface area (Å²) in [5, 5.41) is 9.40. The van der Waals surface area contributed by atoms with E-state index in [2.05, 4.69) is 11.9 Å². The highest BCUT2D eigenvalue weighted by atomic mass is 16.3. The van der Waals surface area contributed by atoms with E-state index in [-0.39, 0.29) is 5.60 Å². The van der Waals surface area contributed by atoms with Crippen LogP contribution in [0.1, 0.15) is 6.42 Å². The molecule has 2 nitrogen and oxygen atoms in total. The molecule has 1 N–H and O–H groups in total. The minimum atomic E-state index is -0.241. The molecule has 0 spiro atoms. The first-order valence-electron chi connectivity index (χ1n) is 3.12. The number of likely N-dealkylation sites (tertiary alicyclic amines) is 1. The molecule has 1 saturated heterocycles. The van der Waals surface area contributed by atoms with Crippen LogP contribution in [-0.2, 0) is 0 Å². The summed E-state index contributed by atoms with van der Waals surface area (Å²) in [7, 11) is 2.06. The summed E-state index contributed by atoms with van der Waals surface area (Å²) in [5.74, 6) is 0.618. The molecule has 0 amide bonds. The molecule has 1 aliphatic carbocycles. The van der Waals surface area contributed by atoms with Gasteiger partial charge < -0.3 is 10.0 Å². The first kappa shape index (κ1) is 4.77. The van der Waals surface area contributed by atoms with Crippen molar-refractivity contribution in [3.8, 4) is 0 Å². The van der Waals surface area contributed by atoms with Crippen LogP contribution in [-0.4, -0.2) is 35.7 Å². The van der Waals surface area contributed by atoms with E-state index in [1.54, 1.807) is 0 Å². The summed E-state index contributed by atoms with van der Waals surface area (Å²) in [6.45, 7) is 2.01. The third-order valence-corrected chi connectivity index (χ3v) is 2.28. The van der Waals surface area contributed by atoms with E-state index in [1.807, 2.05) is 0 Å². The Kier molecular flexibility index (Phi) is 0.649. The largest absolute Gasteiger partial charge is 0.388 e. The fourth-order valence-electron chi connectivity index (χ4n) is 1.70. The molecule has 0 aromatic heterocycles. The van der Waals surface area contributed by atoms with Crippen LogP contribution in [0.5, 0.6) is 0 Å². The molecule has 2 fully saturated rings. The maximum absolute atomic E-state index is 9.40. The Hall–Kier alpha value is -0.0800. The first-order valence-corrected chi connectivity index (χ1v) is 3.12. The van der Waals surface area contributed by atoms with Crippen LogP contribution in [0.15, 0.2) is 0 Å². The van der Waals surface area contributed by atoms with Crippen molar-refractivity contribution in [2.75, 3.05) is 20.1 Å². The zero-order valence-electron chi connectivity index (χ0n) is 5.09. The van der Waals surface area contributed by atoms with Gasteiger partial charge in [-0.1, -0.05) is 0 Å². The van der Waals surface area contributed by atoms with E-state index in [0.717, 1.165) is 19.5 Å². The number of fused-ring (bicyclic) bond motifs is 1. The van der Waals surface area contributed by atoms with Gasteiger partial charge >= 0.3 is 0 Å². The normalized spacial score (nSPS) is 54.0. The second kappa shape index (κ2) is 1.09. The Morgan fingerprint density at radius 1 is 1.75 bits per heavy atom. The van der Waals surface area contributed by atoms with Gasteiger partial charge in [-0.3, -0.25) is 0 Å². The van der Waals surface area contributed by atoms with Crippen molar-refractivity contribution in [1.29, 1.82) is 0 Å². The molecule has 2 atom stereocenters. The molecule has 2 rings (SSSR count). The zero-order chi connectivity index (χ0) is 5.78. The zero-order valence-corrected chi connectivity index (χ0v) is 5.09. The highest BCUT2D eigenvalue weighted by molar-refractivity contribution is 5.10. The van der Waals surface area contributed by atoms with Gasteiger partial charge in [0.25, 0.3) is 0 Å². The molecular formula is C6H11NO. The van der Waals surface area contributed by atoms with Crippen molar-refractivity contribution in [2.24, 2.45) is 5.92 Å². The lowest BCUT2D eigenvalue weighted by Crippen LogP contribution is -2.22. The number of likely N-dealkylation sites (N-methyl/N-ethyl adjacent to an activating group) is 1. The third-order valence-electron chi connectivity index (χ3n) is 2.28. The molecular weight excluding hydrogens is 102 g/mol. The van der Waals surface area contributed by atoms with Crippen LogP contribution in [0.3, 0.4) is 0 Å². The number of rotatable bonds is 0. The van der Waals surface area contributed by atoms with E-state index >= 15 is 0 Å². The van der Waals surface area contributed by atoms with Crippen molar-refractivity contribution < 1.29 is 5.11 Å². The standard InChI is InChI=1S/C6H11NO/c1-7-3-5-2-6(5,8)4-7/h5,8H,2-4H2,1H3/t5?,6-/m1/s1. The third kappa shape index (κ3) is 0.446. The van der Waals surface area contributed by atoms with E-state index in [9.17, 15) is 5.11 Å². The number of β-amino-alcohol motifs (C(OH)–C–C–N with tert-alkyl or cyclic N) is 1. The molecule has 0 radical (unpaired) electrons. The van der Waals surface area contributed by atoms with Gasteiger partial charge in [-0.25, -0.2) is 0 Å². The van der Waals surface area contributed by atoms with Gasteiger partial charge in [0.2, 0.25) is 0 Å². The summed E-state index contributed by atoms with van der Waals surface area (Å²) >= 11 is 0. The van der Waals surface area contributed by atoms with Crippen LogP contribution in [0.2, 0.25) is 0 Å². The second-order valence-electron chi connectivity index (χ2n) is 3.20. The van der Waals surface area contributed by atoms with Crippen molar-refractivity contribution in [2.45, 2.75) is 12.0 Å². The summed E-state index contributed by atoms with van der Waals surface area (Å²) in [6, 6.07) is 0. The summed E-state index contributed by atoms with van der Waals surface area (Å²) in [4.78, 5) is 2.19. The molecule has 2 heteroatoms. The number of hydrogen-bond donors (Lipinski definition) is 1. The van der Waals surface area contributed by atoms with Gasteiger partial charge in [0, 0.05) is 19.0 Å². The van der Waals surface area contributed by atoms with Gasteiger partial charge in [0.1, 0.15) is 0 Å². The Bertz CT molecular complexity index is 126. The topological polar surface area (TPSA) is 23.5 Å². The van der Waals surface area contributed by atoms with Crippen molar-refractivity contribution in [1.82, 2.24) is 4.90 Å². The number of nitrogens with zero attached hydrogens (tertiary/aromatic N) is 1. The first-order chi connectivity index (χ1) is 3.71. The average Bonchev–Trinajstić information content (AvgIpc) is 2.07. The van der Waals surface area contributed by atoms with Crippen LogP contribution in [0, 0.1) is 5.92 Å². The molecule has 8 heavy (non-hydrogen) atoms. The van der Waals surface area contributed by atoms with Gasteiger partial charge in [-0.05, 0) is 13.5 Å². The van der Waals surface area contributed by atoms with Crippen molar-refractivity contribution >= 4 is 0 Å². The fourth-order valence-corrected chi connectivity index (χ4v) is 1.70. The minimum absolute atomic E-state index is 0.241. The van der Waals surface area contributed by atoms with Crippen molar-refractivity contribution in [3.05, 3.63) is 0 Å². The van der Waals surface area contributed by atoms with Crippen LogP contribution in [0.25, 0.3) is 0 Å². The van der Waals surface area contributed by atoms with Crippen LogP contribution >= 0.6 is 0 Å². The molecule has 0 aromatic carbocycles. The predicted octanol–water partition coefficient (Wildman–Crippen LogP) is -0.317. The number of aliphatic hydroxyl groups is 1. The average molecular weight is 113 g/mol. The molecule has 1 aliphatic heterocycles.